The van der Waals surface area contributed by atoms with Gasteiger partial charge >= 0.3 is 0 Å². The molecular formula is C20H25N3. The molecule has 0 radical (unpaired) electrons. The van der Waals surface area contributed by atoms with Gasteiger partial charge in [0.05, 0.1) is 6.54 Å². The van der Waals surface area contributed by atoms with Crippen LogP contribution in [-0.4, -0.2) is 23.4 Å². The number of nitrogens with zero attached hydrogens (tertiary/aromatic N) is 2. The molecule has 1 aliphatic rings. The fourth-order valence-electron chi connectivity index (χ4n) is 3.26. The summed E-state index contributed by atoms with van der Waals surface area (Å²) in [7, 11) is 0. The Hall–Kier alpha value is -2.29. The van der Waals surface area contributed by atoms with Crippen LogP contribution in [0, 0.1) is 0 Å². The lowest BCUT2D eigenvalue weighted by Crippen LogP contribution is -2.41. The summed E-state index contributed by atoms with van der Waals surface area (Å²) >= 11 is 0. The molecule has 1 aliphatic heterocycles. The smallest absolute Gasteiger partial charge is 0.191 e. The minimum Gasteiger partial charge on any atom is -0.370 e. The number of hydrogen-bond donors (Lipinski definition) is 1. The van der Waals surface area contributed by atoms with Crippen LogP contribution in [0.1, 0.15) is 30.4 Å². The maximum atomic E-state index is 6.26. The van der Waals surface area contributed by atoms with Gasteiger partial charge in [0.2, 0.25) is 0 Å². The van der Waals surface area contributed by atoms with Gasteiger partial charge in [-0.1, -0.05) is 60.7 Å². The van der Waals surface area contributed by atoms with Crippen molar-refractivity contribution in [3.05, 3.63) is 71.8 Å². The van der Waals surface area contributed by atoms with Gasteiger partial charge < -0.3 is 10.6 Å². The van der Waals surface area contributed by atoms with E-state index in [4.69, 9.17) is 5.73 Å². The Morgan fingerprint density at radius 2 is 1.65 bits per heavy atom. The largest absolute Gasteiger partial charge is 0.370 e. The predicted octanol–water partition coefficient (Wildman–Crippen LogP) is 3.60. The Bertz CT molecular complexity index is 622. The Morgan fingerprint density at radius 3 is 2.35 bits per heavy atom. The molecule has 0 amide bonds. The lowest BCUT2D eigenvalue weighted by Gasteiger charge is -2.25. The summed E-state index contributed by atoms with van der Waals surface area (Å²) in [4.78, 5) is 6.90. The molecule has 2 aromatic rings. The van der Waals surface area contributed by atoms with Gasteiger partial charge in [-0.2, -0.15) is 0 Å². The van der Waals surface area contributed by atoms with Crippen LogP contribution >= 0.6 is 0 Å². The van der Waals surface area contributed by atoms with E-state index >= 15 is 0 Å². The molecule has 120 valence electrons. The minimum absolute atomic E-state index is 0.523. The van der Waals surface area contributed by atoms with E-state index in [9.17, 15) is 0 Å². The highest BCUT2D eigenvalue weighted by atomic mass is 15.3. The lowest BCUT2D eigenvalue weighted by molar-refractivity contribution is 0.364. The molecule has 1 fully saturated rings. The van der Waals surface area contributed by atoms with E-state index < -0.39 is 0 Å². The van der Waals surface area contributed by atoms with E-state index in [1.54, 1.807) is 0 Å². The first-order valence-electron chi connectivity index (χ1n) is 8.47. The Labute approximate surface area is 138 Å². The van der Waals surface area contributed by atoms with E-state index in [-0.39, 0.29) is 0 Å². The SMILES string of the molecule is NC(=NCc1ccccc1)N1CCCC1CCc1ccccc1. The predicted molar refractivity (Wildman–Crippen MR) is 96.3 cm³/mol. The lowest BCUT2D eigenvalue weighted by atomic mass is 10.0. The fraction of sp³-hybridized carbons (Fsp3) is 0.350. The number of aryl methyl sites for hydroxylation is 1. The quantitative estimate of drug-likeness (QED) is 0.677. The van der Waals surface area contributed by atoms with Gasteiger partial charge in [0.15, 0.2) is 5.96 Å². The van der Waals surface area contributed by atoms with Gasteiger partial charge in [-0.05, 0) is 36.8 Å². The molecule has 2 N–H and O–H groups in total. The second-order valence-electron chi connectivity index (χ2n) is 6.17. The van der Waals surface area contributed by atoms with E-state index in [1.807, 2.05) is 18.2 Å². The average molecular weight is 307 g/mol. The Morgan fingerprint density at radius 1 is 1.00 bits per heavy atom. The van der Waals surface area contributed by atoms with Gasteiger partial charge in [0, 0.05) is 12.6 Å². The molecule has 0 bridgehead atoms. The van der Waals surface area contributed by atoms with Crippen molar-refractivity contribution in [1.82, 2.24) is 4.90 Å². The van der Waals surface area contributed by atoms with Crippen LogP contribution in [0.4, 0.5) is 0 Å². The summed E-state index contributed by atoms with van der Waals surface area (Å²) in [6, 6.07) is 21.5. The number of hydrogen-bond acceptors (Lipinski definition) is 1. The van der Waals surface area contributed by atoms with Crippen molar-refractivity contribution in [1.29, 1.82) is 0 Å². The van der Waals surface area contributed by atoms with E-state index in [0.717, 1.165) is 19.4 Å². The standard InChI is InChI=1S/C20H25N3/c21-20(22-16-18-10-5-2-6-11-18)23-15-7-12-19(23)14-13-17-8-3-1-4-9-17/h1-6,8-11,19H,7,12-16H2,(H2,21,22). The van der Waals surface area contributed by atoms with Gasteiger partial charge in [-0.25, -0.2) is 4.99 Å². The monoisotopic (exact) mass is 307 g/mol. The van der Waals surface area contributed by atoms with Crippen molar-refractivity contribution in [3.63, 3.8) is 0 Å². The maximum absolute atomic E-state index is 6.26. The highest BCUT2D eigenvalue weighted by Gasteiger charge is 2.25. The molecule has 1 saturated heterocycles. The first-order chi connectivity index (χ1) is 11.3. The van der Waals surface area contributed by atoms with Gasteiger partial charge in [-0.15, -0.1) is 0 Å². The highest BCUT2D eigenvalue weighted by molar-refractivity contribution is 5.78. The molecule has 0 aliphatic carbocycles. The number of aliphatic imine (C=N–C) groups is 1. The number of nitrogens with two attached hydrogens (primary N) is 1. The van der Waals surface area contributed by atoms with Crippen molar-refractivity contribution in [2.24, 2.45) is 10.7 Å². The van der Waals surface area contributed by atoms with Gasteiger partial charge in [0.25, 0.3) is 0 Å². The Kier molecular flexibility index (Phi) is 5.30. The van der Waals surface area contributed by atoms with Crippen molar-refractivity contribution >= 4 is 5.96 Å². The third-order valence-corrected chi connectivity index (χ3v) is 4.55. The molecule has 0 aromatic heterocycles. The number of rotatable bonds is 5. The van der Waals surface area contributed by atoms with Crippen molar-refractivity contribution in [2.45, 2.75) is 38.3 Å². The number of likely N-dealkylation sites (tertiary alicyclic amines) is 1. The maximum Gasteiger partial charge on any atom is 0.191 e. The molecule has 23 heavy (non-hydrogen) atoms. The summed E-state index contributed by atoms with van der Waals surface area (Å²) < 4.78 is 0. The summed E-state index contributed by atoms with van der Waals surface area (Å²) in [5, 5.41) is 0. The molecule has 3 heteroatoms. The van der Waals surface area contributed by atoms with Crippen LogP contribution in [0.5, 0.6) is 0 Å². The topological polar surface area (TPSA) is 41.6 Å². The fourth-order valence-corrected chi connectivity index (χ4v) is 3.26. The van der Waals surface area contributed by atoms with Crippen LogP contribution < -0.4 is 5.73 Å². The molecule has 0 saturated carbocycles. The summed E-state index contributed by atoms with van der Waals surface area (Å²) in [6.45, 7) is 1.69. The third kappa shape index (κ3) is 4.35. The first-order valence-corrected chi connectivity index (χ1v) is 8.47. The van der Waals surface area contributed by atoms with Crippen molar-refractivity contribution in [2.75, 3.05) is 6.54 Å². The van der Waals surface area contributed by atoms with Crippen LogP contribution in [0.3, 0.4) is 0 Å². The summed E-state index contributed by atoms with van der Waals surface area (Å²) in [6.07, 6.45) is 4.68. The van der Waals surface area contributed by atoms with Gasteiger partial charge in [0.1, 0.15) is 0 Å². The van der Waals surface area contributed by atoms with E-state index in [2.05, 4.69) is 52.4 Å². The highest BCUT2D eigenvalue weighted by Crippen LogP contribution is 2.21. The molecule has 2 aromatic carbocycles. The molecule has 3 rings (SSSR count). The average Bonchev–Trinajstić information content (AvgIpc) is 3.08. The molecule has 1 heterocycles. The zero-order valence-electron chi connectivity index (χ0n) is 13.6. The molecular weight excluding hydrogens is 282 g/mol. The second-order valence-corrected chi connectivity index (χ2v) is 6.17. The minimum atomic E-state index is 0.523. The van der Waals surface area contributed by atoms with Crippen LogP contribution in [0.15, 0.2) is 65.7 Å². The molecule has 0 spiro atoms. The van der Waals surface area contributed by atoms with E-state index in [0.29, 0.717) is 18.5 Å². The van der Waals surface area contributed by atoms with Crippen molar-refractivity contribution < 1.29 is 0 Å². The molecule has 1 unspecified atom stereocenters. The summed E-state index contributed by atoms with van der Waals surface area (Å²) in [5.74, 6) is 0.699. The number of benzene rings is 2. The Balaban J connectivity index is 1.57. The zero-order chi connectivity index (χ0) is 15.9. The normalized spacial score (nSPS) is 18.3. The third-order valence-electron chi connectivity index (χ3n) is 4.55. The first kappa shape index (κ1) is 15.6. The van der Waals surface area contributed by atoms with Crippen LogP contribution in [0.2, 0.25) is 0 Å². The van der Waals surface area contributed by atoms with Crippen molar-refractivity contribution in [3.8, 4) is 0 Å². The van der Waals surface area contributed by atoms with Gasteiger partial charge in [-0.3, -0.25) is 0 Å². The van der Waals surface area contributed by atoms with Crippen LogP contribution in [-0.2, 0) is 13.0 Å². The zero-order valence-corrected chi connectivity index (χ0v) is 13.6. The molecule has 3 nitrogen and oxygen atoms in total. The second kappa shape index (κ2) is 7.82. The van der Waals surface area contributed by atoms with Crippen LogP contribution in [0.25, 0.3) is 0 Å². The molecule has 1 atom stereocenters. The summed E-state index contributed by atoms with van der Waals surface area (Å²) in [5.41, 5.74) is 8.87. The number of guanidine groups is 1. The van der Waals surface area contributed by atoms with E-state index in [1.165, 1.54) is 24.0 Å².